The first-order valence-electron chi connectivity index (χ1n) is 11.2. The molecular formula is C24H27N5O4S2. The molecule has 0 unspecified atom stereocenters. The zero-order chi connectivity index (χ0) is 24.7. The predicted octanol–water partition coefficient (Wildman–Crippen LogP) is 3.65. The van der Waals surface area contributed by atoms with E-state index < -0.39 is 10.0 Å². The van der Waals surface area contributed by atoms with Gasteiger partial charge in [0, 0.05) is 24.7 Å². The van der Waals surface area contributed by atoms with Crippen LogP contribution in [0.4, 0.5) is 5.69 Å². The van der Waals surface area contributed by atoms with Gasteiger partial charge in [0.15, 0.2) is 17.1 Å². The topological polar surface area (TPSA) is 98.1 Å². The van der Waals surface area contributed by atoms with Gasteiger partial charge in [-0.1, -0.05) is 6.07 Å². The van der Waals surface area contributed by atoms with E-state index in [4.69, 9.17) is 19.6 Å². The molecule has 1 aliphatic heterocycles. The lowest BCUT2D eigenvalue weighted by atomic mass is 10.1. The van der Waals surface area contributed by atoms with E-state index in [-0.39, 0.29) is 6.04 Å². The van der Waals surface area contributed by atoms with Crippen LogP contribution in [0, 0.1) is 13.8 Å². The summed E-state index contributed by atoms with van der Waals surface area (Å²) in [4.78, 5) is 7.04. The normalized spacial score (nSPS) is 16.2. The number of ether oxygens (including phenoxy) is 2. The van der Waals surface area contributed by atoms with Crippen molar-refractivity contribution in [2.75, 3.05) is 32.2 Å². The molecule has 0 radical (unpaired) electrons. The van der Waals surface area contributed by atoms with Gasteiger partial charge in [0.25, 0.3) is 0 Å². The fourth-order valence-corrected chi connectivity index (χ4v) is 6.82. The Morgan fingerprint density at radius 2 is 1.91 bits per heavy atom. The number of fused-ring (bicyclic) bond motifs is 1. The van der Waals surface area contributed by atoms with Crippen LogP contribution in [0.15, 0.2) is 46.0 Å². The van der Waals surface area contributed by atoms with Crippen molar-refractivity contribution in [1.82, 2.24) is 19.3 Å². The highest BCUT2D eigenvalue weighted by Gasteiger charge is 2.30. The largest absolute Gasteiger partial charge is 0.493 e. The van der Waals surface area contributed by atoms with Crippen LogP contribution in [-0.4, -0.2) is 56.4 Å². The van der Waals surface area contributed by atoms with E-state index in [9.17, 15) is 8.42 Å². The molecule has 1 atom stereocenters. The van der Waals surface area contributed by atoms with Crippen LogP contribution in [-0.2, 0) is 10.0 Å². The highest BCUT2D eigenvalue weighted by atomic mass is 32.2. The molecule has 5 rings (SSSR count). The van der Waals surface area contributed by atoms with Gasteiger partial charge < -0.3 is 14.4 Å². The number of aryl methyl sites for hydroxylation is 2. The minimum Gasteiger partial charge on any atom is -0.493 e. The SMILES string of the molecule is COc1ccc(-c2c(C)nc3c(N4CC[C@@H](NS(=O)(=O)c5cccs5)C4)cc(C)nn23)cc1OC. The molecule has 0 amide bonds. The lowest BCUT2D eigenvalue weighted by Gasteiger charge is -2.20. The summed E-state index contributed by atoms with van der Waals surface area (Å²) >= 11 is 1.22. The number of imidazole rings is 1. The average molecular weight is 514 g/mol. The molecule has 1 saturated heterocycles. The van der Waals surface area contributed by atoms with Crippen molar-refractivity contribution < 1.29 is 17.9 Å². The molecule has 0 aliphatic carbocycles. The summed E-state index contributed by atoms with van der Waals surface area (Å²) in [6.45, 7) is 5.18. The minimum absolute atomic E-state index is 0.183. The maximum absolute atomic E-state index is 12.7. The maximum atomic E-state index is 12.7. The summed E-state index contributed by atoms with van der Waals surface area (Å²) in [6, 6.07) is 10.9. The number of hydrogen-bond acceptors (Lipinski definition) is 8. The molecule has 3 aromatic heterocycles. The molecule has 4 aromatic rings. The van der Waals surface area contributed by atoms with Gasteiger partial charge in [-0.2, -0.15) is 5.10 Å². The summed E-state index contributed by atoms with van der Waals surface area (Å²) in [6.07, 6.45) is 0.709. The Morgan fingerprint density at radius 1 is 1.11 bits per heavy atom. The van der Waals surface area contributed by atoms with E-state index in [0.717, 1.165) is 34.0 Å². The summed E-state index contributed by atoms with van der Waals surface area (Å²) < 4.78 is 41.3. The molecule has 0 saturated carbocycles. The number of aromatic nitrogens is 3. The molecule has 1 aliphatic rings. The summed E-state index contributed by atoms with van der Waals surface area (Å²) in [5.41, 5.74) is 5.14. The second-order valence-electron chi connectivity index (χ2n) is 8.51. The molecule has 35 heavy (non-hydrogen) atoms. The van der Waals surface area contributed by atoms with Gasteiger partial charge in [0.2, 0.25) is 10.0 Å². The van der Waals surface area contributed by atoms with Crippen molar-refractivity contribution in [2.45, 2.75) is 30.5 Å². The zero-order valence-electron chi connectivity index (χ0n) is 20.0. The number of methoxy groups -OCH3 is 2. The molecule has 0 spiro atoms. The van der Waals surface area contributed by atoms with E-state index in [0.29, 0.717) is 35.2 Å². The summed E-state index contributed by atoms with van der Waals surface area (Å²) in [5.74, 6) is 1.29. The van der Waals surface area contributed by atoms with E-state index >= 15 is 0 Å². The Hall–Kier alpha value is -3.15. The van der Waals surface area contributed by atoms with Crippen LogP contribution >= 0.6 is 11.3 Å². The first-order chi connectivity index (χ1) is 16.8. The van der Waals surface area contributed by atoms with Gasteiger partial charge in [0.1, 0.15) is 4.21 Å². The number of thiophene rings is 1. The number of sulfonamides is 1. The number of anilines is 1. The molecule has 1 fully saturated rings. The molecule has 11 heteroatoms. The molecule has 1 N–H and O–H groups in total. The Bertz CT molecular complexity index is 1480. The number of rotatable bonds is 7. The van der Waals surface area contributed by atoms with Gasteiger partial charge in [-0.15, -0.1) is 11.3 Å². The summed E-state index contributed by atoms with van der Waals surface area (Å²) in [7, 11) is -0.301. The molecule has 0 bridgehead atoms. The smallest absolute Gasteiger partial charge is 0.250 e. The van der Waals surface area contributed by atoms with Gasteiger partial charge in [0.05, 0.1) is 37.0 Å². The van der Waals surface area contributed by atoms with Crippen molar-refractivity contribution in [2.24, 2.45) is 0 Å². The molecule has 4 heterocycles. The van der Waals surface area contributed by atoms with Crippen molar-refractivity contribution >= 4 is 32.7 Å². The molecule has 1 aromatic carbocycles. The van der Waals surface area contributed by atoms with E-state index in [1.54, 1.807) is 31.7 Å². The van der Waals surface area contributed by atoms with E-state index in [1.807, 2.05) is 42.6 Å². The third kappa shape index (κ3) is 4.35. The van der Waals surface area contributed by atoms with Crippen molar-refractivity contribution in [3.05, 3.63) is 53.2 Å². The van der Waals surface area contributed by atoms with Crippen LogP contribution in [0.3, 0.4) is 0 Å². The van der Waals surface area contributed by atoms with Crippen LogP contribution in [0.1, 0.15) is 17.8 Å². The zero-order valence-corrected chi connectivity index (χ0v) is 21.6. The maximum Gasteiger partial charge on any atom is 0.250 e. The summed E-state index contributed by atoms with van der Waals surface area (Å²) in [5, 5.41) is 6.53. The van der Waals surface area contributed by atoms with Gasteiger partial charge >= 0.3 is 0 Å². The third-order valence-corrected chi connectivity index (χ3v) is 9.05. The van der Waals surface area contributed by atoms with Crippen molar-refractivity contribution in [1.29, 1.82) is 0 Å². The van der Waals surface area contributed by atoms with Crippen LogP contribution in [0.2, 0.25) is 0 Å². The Kier molecular flexibility index (Phi) is 6.16. The van der Waals surface area contributed by atoms with Gasteiger partial charge in [-0.3, -0.25) is 0 Å². The number of benzene rings is 1. The third-order valence-electron chi connectivity index (χ3n) is 6.13. The first kappa shape index (κ1) is 23.6. The molecule has 184 valence electrons. The molecular weight excluding hydrogens is 486 g/mol. The van der Waals surface area contributed by atoms with E-state index in [1.165, 1.54) is 11.3 Å². The number of nitrogens with zero attached hydrogens (tertiary/aromatic N) is 4. The van der Waals surface area contributed by atoms with Gasteiger partial charge in [-0.25, -0.2) is 22.6 Å². The number of hydrogen-bond donors (Lipinski definition) is 1. The Balaban J connectivity index is 1.49. The van der Waals surface area contributed by atoms with Gasteiger partial charge in [-0.05, 0) is 56.0 Å². The lowest BCUT2D eigenvalue weighted by Crippen LogP contribution is -2.36. The van der Waals surface area contributed by atoms with Crippen LogP contribution in [0.25, 0.3) is 16.9 Å². The second kappa shape index (κ2) is 9.14. The second-order valence-corrected chi connectivity index (χ2v) is 11.4. The fraction of sp³-hybridized carbons (Fsp3) is 0.333. The number of nitrogens with one attached hydrogen (secondary N) is 1. The monoisotopic (exact) mass is 513 g/mol. The predicted molar refractivity (Wildman–Crippen MR) is 136 cm³/mol. The fourth-order valence-electron chi connectivity index (χ4n) is 4.55. The highest BCUT2D eigenvalue weighted by Crippen LogP contribution is 2.36. The lowest BCUT2D eigenvalue weighted by molar-refractivity contribution is 0.355. The van der Waals surface area contributed by atoms with Crippen molar-refractivity contribution in [3.63, 3.8) is 0 Å². The van der Waals surface area contributed by atoms with E-state index in [2.05, 4.69) is 9.62 Å². The highest BCUT2D eigenvalue weighted by molar-refractivity contribution is 7.91. The first-order valence-corrected chi connectivity index (χ1v) is 13.6. The van der Waals surface area contributed by atoms with Crippen LogP contribution in [0.5, 0.6) is 11.5 Å². The standard InChI is InChI=1S/C24H27N5O4S2/c1-15-12-19(28-10-9-18(14-28)27-35(30,31)22-6-5-11-34-22)24-25-16(2)23(29(24)26-15)17-7-8-20(32-3)21(13-17)33-4/h5-8,11-13,18,27H,9-10,14H2,1-4H3/t18-/m1/s1. The molecule has 9 nitrogen and oxygen atoms in total. The van der Waals surface area contributed by atoms with Crippen molar-refractivity contribution in [3.8, 4) is 22.8 Å². The Morgan fingerprint density at radius 3 is 2.63 bits per heavy atom. The van der Waals surface area contributed by atoms with Crippen LogP contribution < -0.4 is 19.1 Å². The quantitative estimate of drug-likeness (QED) is 0.403. The minimum atomic E-state index is -3.52. The average Bonchev–Trinajstić information content (AvgIpc) is 3.58. The Labute approximate surface area is 208 Å².